The molecule has 0 fully saturated rings. The van der Waals surface area contributed by atoms with Crippen LogP contribution in [0, 0.1) is 5.92 Å². The van der Waals surface area contributed by atoms with E-state index in [0.717, 1.165) is 0 Å². The number of hydrogen-bond acceptors (Lipinski definition) is 3. The fourth-order valence-electron chi connectivity index (χ4n) is 0.839. The largest absolute Gasteiger partial charge is 0.299 e. The first-order chi connectivity index (χ1) is 5.63. The standard InChI is InChI=1S/C9H10O2S/c1-6(7(2)10)9(11)8-3-4-12-5-8/h3-6H,1-2H3. The molecule has 0 aliphatic heterocycles. The van der Waals surface area contributed by atoms with E-state index in [9.17, 15) is 9.59 Å². The van der Waals surface area contributed by atoms with E-state index in [1.54, 1.807) is 18.4 Å². The van der Waals surface area contributed by atoms with Crippen LogP contribution < -0.4 is 0 Å². The lowest BCUT2D eigenvalue weighted by Crippen LogP contribution is -2.17. The predicted octanol–water partition coefficient (Wildman–Crippen LogP) is 2.16. The maximum Gasteiger partial charge on any atom is 0.173 e. The van der Waals surface area contributed by atoms with Crippen LogP contribution in [0.5, 0.6) is 0 Å². The molecule has 0 saturated heterocycles. The minimum atomic E-state index is -0.500. The lowest BCUT2D eigenvalue weighted by Gasteiger charge is -2.03. The molecule has 0 bridgehead atoms. The summed E-state index contributed by atoms with van der Waals surface area (Å²) in [4.78, 5) is 22.3. The SMILES string of the molecule is CC(=O)C(C)C(=O)c1ccsc1. The van der Waals surface area contributed by atoms with Gasteiger partial charge < -0.3 is 0 Å². The van der Waals surface area contributed by atoms with Crippen molar-refractivity contribution >= 4 is 22.9 Å². The van der Waals surface area contributed by atoms with Crippen molar-refractivity contribution < 1.29 is 9.59 Å². The van der Waals surface area contributed by atoms with Crippen molar-refractivity contribution in [2.24, 2.45) is 5.92 Å². The molecule has 0 radical (unpaired) electrons. The van der Waals surface area contributed by atoms with E-state index in [4.69, 9.17) is 0 Å². The Labute approximate surface area is 75.2 Å². The van der Waals surface area contributed by atoms with Crippen molar-refractivity contribution in [1.29, 1.82) is 0 Å². The molecule has 64 valence electrons. The monoisotopic (exact) mass is 182 g/mol. The van der Waals surface area contributed by atoms with Gasteiger partial charge in [0.25, 0.3) is 0 Å². The third kappa shape index (κ3) is 1.80. The van der Waals surface area contributed by atoms with Gasteiger partial charge in [0, 0.05) is 10.9 Å². The van der Waals surface area contributed by atoms with Gasteiger partial charge in [-0.1, -0.05) is 0 Å². The highest BCUT2D eigenvalue weighted by molar-refractivity contribution is 7.08. The Morgan fingerprint density at radius 1 is 1.50 bits per heavy atom. The maximum atomic E-state index is 11.4. The van der Waals surface area contributed by atoms with Gasteiger partial charge in [-0.15, -0.1) is 0 Å². The highest BCUT2D eigenvalue weighted by Gasteiger charge is 2.18. The highest BCUT2D eigenvalue weighted by Crippen LogP contribution is 2.12. The molecule has 0 aliphatic rings. The van der Waals surface area contributed by atoms with Crippen LogP contribution in [0.2, 0.25) is 0 Å². The molecule has 1 heterocycles. The van der Waals surface area contributed by atoms with E-state index in [1.807, 2.05) is 5.38 Å². The summed E-state index contributed by atoms with van der Waals surface area (Å²) in [6, 6.07) is 1.74. The smallest absolute Gasteiger partial charge is 0.173 e. The first-order valence-electron chi connectivity index (χ1n) is 3.70. The zero-order valence-corrected chi connectivity index (χ0v) is 7.85. The quantitative estimate of drug-likeness (QED) is 0.530. The Morgan fingerprint density at radius 2 is 2.17 bits per heavy atom. The summed E-state index contributed by atoms with van der Waals surface area (Å²) in [6.07, 6.45) is 0. The predicted molar refractivity (Wildman–Crippen MR) is 48.5 cm³/mol. The minimum Gasteiger partial charge on any atom is -0.299 e. The molecule has 0 aromatic carbocycles. The molecule has 0 aliphatic carbocycles. The summed E-state index contributed by atoms with van der Waals surface area (Å²) >= 11 is 1.46. The van der Waals surface area contributed by atoms with Gasteiger partial charge in [0.1, 0.15) is 5.78 Å². The Hall–Kier alpha value is -0.960. The van der Waals surface area contributed by atoms with Crippen LogP contribution in [0.4, 0.5) is 0 Å². The van der Waals surface area contributed by atoms with Gasteiger partial charge in [-0.3, -0.25) is 9.59 Å². The van der Waals surface area contributed by atoms with Gasteiger partial charge in [-0.25, -0.2) is 0 Å². The van der Waals surface area contributed by atoms with E-state index >= 15 is 0 Å². The summed E-state index contributed by atoms with van der Waals surface area (Å²) in [7, 11) is 0. The van der Waals surface area contributed by atoms with E-state index in [1.165, 1.54) is 18.3 Å². The Bertz CT molecular complexity index is 287. The molecule has 2 nitrogen and oxygen atoms in total. The molecule has 1 aromatic heterocycles. The lowest BCUT2D eigenvalue weighted by atomic mass is 9.98. The van der Waals surface area contributed by atoms with Crippen molar-refractivity contribution in [2.45, 2.75) is 13.8 Å². The summed E-state index contributed by atoms with van der Waals surface area (Å²) in [5.41, 5.74) is 0.641. The number of thiophene rings is 1. The van der Waals surface area contributed by atoms with E-state index in [0.29, 0.717) is 5.56 Å². The maximum absolute atomic E-state index is 11.4. The topological polar surface area (TPSA) is 34.1 Å². The fourth-order valence-corrected chi connectivity index (χ4v) is 1.48. The zero-order valence-electron chi connectivity index (χ0n) is 7.03. The van der Waals surface area contributed by atoms with E-state index in [2.05, 4.69) is 0 Å². The third-order valence-corrected chi connectivity index (χ3v) is 2.49. The van der Waals surface area contributed by atoms with Crippen molar-refractivity contribution in [1.82, 2.24) is 0 Å². The Morgan fingerprint density at radius 3 is 2.58 bits per heavy atom. The molecule has 3 heteroatoms. The number of rotatable bonds is 3. The summed E-state index contributed by atoms with van der Waals surface area (Å²) in [5, 5.41) is 3.60. The number of Topliss-reactive ketones (excluding diaryl/α,β-unsaturated/α-hetero) is 2. The normalized spacial score (nSPS) is 12.5. The van der Waals surface area contributed by atoms with Crippen molar-refractivity contribution in [2.75, 3.05) is 0 Å². The Kier molecular flexibility index (Phi) is 2.76. The summed E-state index contributed by atoms with van der Waals surface area (Å²) in [5.74, 6) is -0.658. The second-order valence-corrected chi connectivity index (χ2v) is 3.49. The highest BCUT2D eigenvalue weighted by atomic mass is 32.1. The molecular formula is C9H10O2S. The number of hydrogen-bond donors (Lipinski definition) is 0. The first kappa shape index (κ1) is 9.13. The summed E-state index contributed by atoms with van der Waals surface area (Å²) in [6.45, 7) is 3.08. The van der Waals surface area contributed by atoms with Crippen LogP contribution in [0.15, 0.2) is 16.8 Å². The first-order valence-corrected chi connectivity index (χ1v) is 4.64. The molecular weight excluding hydrogens is 172 g/mol. The van der Waals surface area contributed by atoms with Gasteiger partial charge in [0.15, 0.2) is 5.78 Å². The van der Waals surface area contributed by atoms with Crippen molar-refractivity contribution in [3.05, 3.63) is 22.4 Å². The molecule has 1 rings (SSSR count). The number of carbonyl (C=O) groups excluding carboxylic acids is 2. The molecule has 1 unspecified atom stereocenters. The van der Waals surface area contributed by atoms with E-state index < -0.39 is 5.92 Å². The van der Waals surface area contributed by atoms with E-state index in [-0.39, 0.29) is 11.6 Å². The number of ketones is 2. The van der Waals surface area contributed by atoms with Gasteiger partial charge >= 0.3 is 0 Å². The van der Waals surface area contributed by atoms with Gasteiger partial charge in [0.2, 0.25) is 0 Å². The van der Waals surface area contributed by atoms with Crippen LogP contribution in [0.25, 0.3) is 0 Å². The van der Waals surface area contributed by atoms with Gasteiger partial charge in [-0.2, -0.15) is 11.3 Å². The zero-order chi connectivity index (χ0) is 9.14. The Balaban J connectivity index is 2.79. The number of carbonyl (C=O) groups is 2. The third-order valence-electron chi connectivity index (χ3n) is 1.81. The van der Waals surface area contributed by atoms with Crippen LogP contribution in [0.1, 0.15) is 24.2 Å². The van der Waals surface area contributed by atoms with Crippen molar-refractivity contribution in [3.63, 3.8) is 0 Å². The van der Waals surface area contributed by atoms with Crippen molar-refractivity contribution in [3.8, 4) is 0 Å². The van der Waals surface area contributed by atoms with Crippen LogP contribution >= 0.6 is 11.3 Å². The van der Waals surface area contributed by atoms with Gasteiger partial charge in [0.05, 0.1) is 5.92 Å². The summed E-state index contributed by atoms with van der Waals surface area (Å²) < 4.78 is 0. The van der Waals surface area contributed by atoms with Crippen LogP contribution in [-0.4, -0.2) is 11.6 Å². The van der Waals surface area contributed by atoms with Crippen LogP contribution in [0.3, 0.4) is 0 Å². The minimum absolute atomic E-state index is 0.0776. The molecule has 0 amide bonds. The molecule has 0 saturated carbocycles. The fraction of sp³-hybridized carbons (Fsp3) is 0.333. The van der Waals surface area contributed by atoms with Crippen LogP contribution in [-0.2, 0) is 4.79 Å². The van der Waals surface area contributed by atoms with Gasteiger partial charge in [-0.05, 0) is 25.3 Å². The molecule has 1 aromatic rings. The molecule has 0 spiro atoms. The average Bonchev–Trinajstić information content (AvgIpc) is 2.53. The molecule has 0 N–H and O–H groups in total. The average molecular weight is 182 g/mol. The lowest BCUT2D eigenvalue weighted by molar-refractivity contribution is -0.118. The molecule has 1 atom stereocenters. The second kappa shape index (κ2) is 3.63. The second-order valence-electron chi connectivity index (χ2n) is 2.71. The molecule has 12 heavy (non-hydrogen) atoms.